The summed E-state index contributed by atoms with van der Waals surface area (Å²) >= 11 is 3.56. The van der Waals surface area contributed by atoms with Gasteiger partial charge in [0.2, 0.25) is 0 Å². The Morgan fingerprint density at radius 3 is 2.82 bits per heavy atom. The molecule has 2 aromatic rings. The molecule has 4 nitrogen and oxygen atoms in total. The van der Waals surface area contributed by atoms with Crippen molar-refractivity contribution in [3.05, 3.63) is 46.5 Å². The molecule has 0 amide bonds. The Hall–Kier alpha value is -0.670. The number of furan rings is 1. The van der Waals surface area contributed by atoms with Crippen molar-refractivity contribution in [1.82, 2.24) is 10.6 Å². The first-order chi connectivity index (χ1) is 10.4. The summed E-state index contributed by atoms with van der Waals surface area (Å²) in [6, 6.07) is 8.07. The SMILES string of the molecule is CSCCNC(=NCc1cccs1)NCCc1ccco1.I. The normalized spacial score (nSPS) is 11.0. The van der Waals surface area contributed by atoms with Crippen molar-refractivity contribution in [3.63, 3.8) is 0 Å². The molecule has 0 aliphatic carbocycles. The summed E-state index contributed by atoms with van der Waals surface area (Å²) in [5.41, 5.74) is 0. The first-order valence-corrected chi connectivity index (χ1v) is 9.21. The van der Waals surface area contributed by atoms with Crippen LogP contribution in [0.25, 0.3) is 0 Å². The highest BCUT2D eigenvalue weighted by Gasteiger charge is 2.00. The third kappa shape index (κ3) is 7.55. The van der Waals surface area contributed by atoms with Gasteiger partial charge in [-0.25, -0.2) is 4.99 Å². The molecule has 22 heavy (non-hydrogen) atoms. The number of rotatable bonds is 8. The molecule has 2 rings (SSSR count). The lowest BCUT2D eigenvalue weighted by Gasteiger charge is -2.11. The van der Waals surface area contributed by atoms with Gasteiger partial charge in [0.1, 0.15) is 5.76 Å². The summed E-state index contributed by atoms with van der Waals surface area (Å²) < 4.78 is 5.33. The maximum atomic E-state index is 5.33. The molecule has 0 bridgehead atoms. The molecule has 7 heteroatoms. The molecule has 0 aromatic carbocycles. The third-order valence-corrected chi connectivity index (χ3v) is 4.29. The van der Waals surface area contributed by atoms with Crippen LogP contribution in [-0.2, 0) is 13.0 Å². The molecule has 0 atom stereocenters. The number of guanidine groups is 1. The number of nitrogens with zero attached hydrogens (tertiary/aromatic N) is 1. The fourth-order valence-electron chi connectivity index (χ4n) is 1.76. The predicted molar refractivity (Wildman–Crippen MR) is 108 cm³/mol. The monoisotopic (exact) mass is 451 g/mol. The summed E-state index contributed by atoms with van der Waals surface area (Å²) in [7, 11) is 0. The van der Waals surface area contributed by atoms with E-state index >= 15 is 0 Å². The van der Waals surface area contributed by atoms with Gasteiger partial charge >= 0.3 is 0 Å². The van der Waals surface area contributed by atoms with E-state index in [-0.39, 0.29) is 24.0 Å². The second-order valence-corrected chi connectivity index (χ2v) is 6.44. The minimum atomic E-state index is 0. The molecule has 0 unspecified atom stereocenters. The van der Waals surface area contributed by atoms with Crippen LogP contribution in [-0.4, -0.2) is 31.1 Å². The molecule has 0 aliphatic rings. The largest absolute Gasteiger partial charge is 0.469 e. The summed E-state index contributed by atoms with van der Waals surface area (Å²) in [6.45, 7) is 2.44. The summed E-state index contributed by atoms with van der Waals surface area (Å²) in [5, 5.41) is 8.79. The molecule has 0 radical (unpaired) electrons. The maximum Gasteiger partial charge on any atom is 0.191 e. The lowest BCUT2D eigenvalue weighted by atomic mass is 10.3. The van der Waals surface area contributed by atoms with Crippen LogP contribution in [0.3, 0.4) is 0 Å². The van der Waals surface area contributed by atoms with Gasteiger partial charge in [-0.2, -0.15) is 11.8 Å². The highest BCUT2D eigenvalue weighted by molar-refractivity contribution is 14.0. The number of thioether (sulfide) groups is 1. The van der Waals surface area contributed by atoms with Crippen molar-refractivity contribution in [2.45, 2.75) is 13.0 Å². The number of halogens is 1. The Kier molecular flexibility index (Phi) is 10.4. The van der Waals surface area contributed by atoms with Gasteiger partial charge < -0.3 is 15.1 Å². The second-order valence-electron chi connectivity index (χ2n) is 4.42. The zero-order valence-electron chi connectivity index (χ0n) is 12.6. The molecule has 0 saturated carbocycles. The molecule has 2 heterocycles. The van der Waals surface area contributed by atoms with E-state index < -0.39 is 0 Å². The second kappa shape index (κ2) is 11.8. The van der Waals surface area contributed by atoms with E-state index in [2.05, 4.69) is 39.4 Å². The molecule has 0 spiro atoms. The lowest BCUT2D eigenvalue weighted by molar-refractivity contribution is 0.507. The molecular weight excluding hydrogens is 429 g/mol. The fraction of sp³-hybridized carbons (Fsp3) is 0.400. The Labute approximate surface area is 157 Å². The van der Waals surface area contributed by atoms with Gasteiger partial charge in [-0.05, 0) is 29.8 Å². The Balaban J connectivity index is 0.00000242. The van der Waals surface area contributed by atoms with Gasteiger partial charge in [-0.1, -0.05) is 6.07 Å². The Bertz CT molecular complexity index is 515. The number of nitrogens with one attached hydrogen (secondary N) is 2. The third-order valence-electron chi connectivity index (χ3n) is 2.82. The van der Waals surface area contributed by atoms with Crippen molar-refractivity contribution in [2.75, 3.05) is 25.1 Å². The zero-order chi connectivity index (χ0) is 14.8. The average Bonchev–Trinajstić information content (AvgIpc) is 3.18. The standard InChI is InChI=1S/C15H21N3OS2.HI/c1-20-11-8-17-15(18-12-14-5-3-10-21-14)16-7-6-13-4-2-9-19-13;/h2-5,9-10H,6-8,11-12H2,1H3,(H2,16,17,18);1H. The summed E-state index contributed by atoms with van der Waals surface area (Å²) in [4.78, 5) is 5.89. The van der Waals surface area contributed by atoms with E-state index in [9.17, 15) is 0 Å². The average molecular weight is 451 g/mol. The van der Waals surface area contributed by atoms with E-state index in [1.165, 1.54) is 4.88 Å². The first kappa shape index (κ1) is 19.4. The summed E-state index contributed by atoms with van der Waals surface area (Å²) in [5.74, 6) is 2.92. The zero-order valence-corrected chi connectivity index (χ0v) is 16.5. The highest BCUT2D eigenvalue weighted by atomic mass is 127. The van der Waals surface area contributed by atoms with Crippen molar-refractivity contribution in [1.29, 1.82) is 0 Å². The maximum absolute atomic E-state index is 5.33. The van der Waals surface area contributed by atoms with Crippen LogP contribution in [0.15, 0.2) is 45.3 Å². The van der Waals surface area contributed by atoms with Gasteiger partial charge in [0, 0.05) is 30.1 Å². The van der Waals surface area contributed by atoms with E-state index in [1.807, 2.05) is 23.9 Å². The van der Waals surface area contributed by atoms with Crippen molar-refractivity contribution < 1.29 is 4.42 Å². The fourth-order valence-corrected chi connectivity index (χ4v) is 2.70. The molecular formula is C15H22IN3OS2. The topological polar surface area (TPSA) is 49.6 Å². The smallest absolute Gasteiger partial charge is 0.191 e. The van der Waals surface area contributed by atoms with Crippen LogP contribution in [0.4, 0.5) is 0 Å². The van der Waals surface area contributed by atoms with Crippen molar-refractivity contribution in [2.24, 2.45) is 4.99 Å². The molecule has 122 valence electrons. The van der Waals surface area contributed by atoms with E-state index in [0.717, 1.165) is 37.0 Å². The first-order valence-electron chi connectivity index (χ1n) is 6.94. The molecule has 2 aromatic heterocycles. The predicted octanol–water partition coefficient (Wildman–Crippen LogP) is 3.60. The number of hydrogen-bond acceptors (Lipinski definition) is 4. The molecule has 0 saturated heterocycles. The lowest BCUT2D eigenvalue weighted by Crippen LogP contribution is -2.39. The van der Waals surface area contributed by atoms with E-state index in [1.54, 1.807) is 17.6 Å². The number of thiophene rings is 1. The Morgan fingerprint density at radius 2 is 2.14 bits per heavy atom. The van der Waals surface area contributed by atoms with Crippen LogP contribution in [0.5, 0.6) is 0 Å². The van der Waals surface area contributed by atoms with Gasteiger partial charge in [-0.15, -0.1) is 35.3 Å². The van der Waals surface area contributed by atoms with Crippen molar-refractivity contribution in [3.8, 4) is 0 Å². The quantitative estimate of drug-likeness (QED) is 0.279. The van der Waals surface area contributed by atoms with Crippen LogP contribution in [0.2, 0.25) is 0 Å². The Morgan fingerprint density at radius 1 is 1.27 bits per heavy atom. The van der Waals surface area contributed by atoms with Gasteiger partial charge in [0.25, 0.3) is 0 Å². The minimum absolute atomic E-state index is 0. The van der Waals surface area contributed by atoms with Crippen LogP contribution >= 0.6 is 47.1 Å². The van der Waals surface area contributed by atoms with E-state index in [0.29, 0.717) is 6.54 Å². The van der Waals surface area contributed by atoms with Gasteiger partial charge in [-0.3, -0.25) is 0 Å². The number of hydrogen-bond donors (Lipinski definition) is 2. The number of aliphatic imine (C=N–C) groups is 1. The molecule has 2 N–H and O–H groups in total. The molecule has 0 aliphatic heterocycles. The van der Waals surface area contributed by atoms with Crippen molar-refractivity contribution >= 4 is 53.0 Å². The van der Waals surface area contributed by atoms with Crippen LogP contribution in [0, 0.1) is 0 Å². The highest BCUT2D eigenvalue weighted by Crippen LogP contribution is 2.09. The molecule has 0 fully saturated rings. The van der Waals surface area contributed by atoms with E-state index in [4.69, 9.17) is 4.42 Å². The minimum Gasteiger partial charge on any atom is -0.469 e. The van der Waals surface area contributed by atoms with Crippen LogP contribution < -0.4 is 10.6 Å². The van der Waals surface area contributed by atoms with Gasteiger partial charge in [0.05, 0.1) is 12.8 Å². The summed E-state index contributed by atoms with van der Waals surface area (Å²) in [6.07, 6.45) is 4.67. The van der Waals surface area contributed by atoms with Crippen LogP contribution in [0.1, 0.15) is 10.6 Å². The van der Waals surface area contributed by atoms with Gasteiger partial charge in [0.15, 0.2) is 5.96 Å².